The van der Waals surface area contributed by atoms with E-state index in [1.807, 2.05) is 44.2 Å². The number of aryl methyl sites for hydroxylation is 2. The number of hydrogen-bond acceptors (Lipinski definition) is 3. The summed E-state index contributed by atoms with van der Waals surface area (Å²) in [5, 5.41) is 11.8. The number of oxime groups is 1. The Balaban J connectivity index is 2.45. The fraction of sp³-hybridized carbons (Fsp3) is 0.133. The number of hydrogen-bond donors (Lipinski definition) is 2. The number of ether oxygens (including phenoxy) is 1. The van der Waals surface area contributed by atoms with Crippen molar-refractivity contribution in [2.45, 2.75) is 13.8 Å². The zero-order valence-corrected chi connectivity index (χ0v) is 10.9. The molecule has 0 saturated carbocycles. The van der Waals surface area contributed by atoms with Gasteiger partial charge in [-0.2, -0.15) is 0 Å². The first-order chi connectivity index (χ1) is 9.13. The summed E-state index contributed by atoms with van der Waals surface area (Å²) in [7, 11) is 0. The number of nitrogens with two attached hydrogens (primary N) is 1. The van der Waals surface area contributed by atoms with Gasteiger partial charge in [-0.25, -0.2) is 0 Å². The molecule has 0 aliphatic rings. The quantitative estimate of drug-likeness (QED) is 0.383. The molecule has 2 aromatic carbocycles. The molecule has 98 valence electrons. The Labute approximate surface area is 112 Å². The van der Waals surface area contributed by atoms with Crippen LogP contribution in [0, 0.1) is 13.8 Å². The average Bonchev–Trinajstić information content (AvgIpc) is 2.42. The Morgan fingerprint density at radius 2 is 1.68 bits per heavy atom. The van der Waals surface area contributed by atoms with E-state index in [0.29, 0.717) is 11.3 Å². The van der Waals surface area contributed by atoms with E-state index in [0.717, 1.165) is 16.9 Å². The maximum absolute atomic E-state index is 8.80. The molecule has 0 aliphatic heterocycles. The van der Waals surface area contributed by atoms with Crippen molar-refractivity contribution in [3.63, 3.8) is 0 Å². The minimum atomic E-state index is 0.0295. The van der Waals surface area contributed by atoms with E-state index in [-0.39, 0.29) is 5.84 Å². The average molecular weight is 256 g/mol. The van der Waals surface area contributed by atoms with Crippen LogP contribution in [0.5, 0.6) is 11.5 Å². The summed E-state index contributed by atoms with van der Waals surface area (Å²) >= 11 is 0. The fourth-order valence-corrected chi connectivity index (χ4v) is 1.89. The van der Waals surface area contributed by atoms with E-state index in [1.165, 1.54) is 0 Å². The Morgan fingerprint density at radius 1 is 1.05 bits per heavy atom. The molecule has 0 aliphatic carbocycles. The zero-order chi connectivity index (χ0) is 13.8. The van der Waals surface area contributed by atoms with E-state index < -0.39 is 0 Å². The second kappa shape index (κ2) is 5.44. The molecule has 0 heterocycles. The summed E-state index contributed by atoms with van der Waals surface area (Å²) in [5.41, 5.74) is 8.28. The Kier molecular flexibility index (Phi) is 3.71. The normalized spacial score (nSPS) is 11.4. The molecule has 0 saturated heterocycles. The van der Waals surface area contributed by atoms with Crippen molar-refractivity contribution in [3.8, 4) is 11.5 Å². The van der Waals surface area contributed by atoms with Gasteiger partial charge in [0.2, 0.25) is 0 Å². The van der Waals surface area contributed by atoms with Crippen LogP contribution in [0.1, 0.15) is 16.7 Å². The summed E-state index contributed by atoms with van der Waals surface area (Å²) in [4.78, 5) is 0. The van der Waals surface area contributed by atoms with Crippen LogP contribution >= 0.6 is 0 Å². The highest BCUT2D eigenvalue weighted by atomic mass is 16.5. The van der Waals surface area contributed by atoms with Gasteiger partial charge in [0.1, 0.15) is 11.5 Å². The number of nitrogens with zero attached hydrogens (tertiary/aromatic N) is 1. The van der Waals surface area contributed by atoms with Gasteiger partial charge >= 0.3 is 0 Å². The van der Waals surface area contributed by atoms with Crippen molar-refractivity contribution in [1.82, 2.24) is 0 Å². The molecule has 0 amide bonds. The molecule has 0 unspecified atom stereocenters. The van der Waals surface area contributed by atoms with Crippen LogP contribution < -0.4 is 10.5 Å². The second-order valence-corrected chi connectivity index (χ2v) is 4.30. The highest BCUT2D eigenvalue weighted by Gasteiger charge is 2.11. The number of rotatable bonds is 3. The van der Waals surface area contributed by atoms with Gasteiger partial charge in [0.05, 0.1) is 5.56 Å². The smallest absolute Gasteiger partial charge is 0.173 e. The molecule has 0 radical (unpaired) electrons. The van der Waals surface area contributed by atoms with Crippen LogP contribution in [0.2, 0.25) is 0 Å². The van der Waals surface area contributed by atoms with Crippen LogP contribution in [-0.4, -0.2) is 11.0 Å². The molecule has 2 aromatic rings. The van der Waals surface area contributed by atoms with E-state index in [4.69, 9.17) is 15.7 Å². The van der Waals surface area contributed by atoms with Crippen molar-refractivity contribution in [3.05, 3.63) is 59.2 Å². The highest BCUT2D eigenvalue weighted by Crippen LogP contribution is 2.30. The molecule has 4 nitrogen and oxygen atoms in total. The largest absolute Gasteiger partial charge is 0.456 e. The second-order valence-electron chi connectivity index (χ2n) is 4.30. The molecule has 4 heteroatoms. The van der Waals surface area contributed by atoms with Gasteiger partial charge in [-0.1, -0.05) is 35.5 Å². The van der Waals surface area contributed by atoms with Gasteiger partial charge in [0.15, 0.2) is 5.84 Å². The van der Waals surface area contributed by atoms with Gasteiger partial charge in [-0.05, 0) is 37.1 Å². The Hall–Kier alpha value is -2.49. The topological polar surface area (TPSA) is 67.8 Å². The predicted molar refractivity (Wildman–Crippen MR) is 74.9 cm³/mol. The summed E-state index contributed by atoms with van der Waals surface area (Å²) in [6, 6.07) is 13.1. The van der Waals surface area contributed by atoms with E-state index in [1.54, 1.807) is 12.1 Å². The van der Waals surface area contributed by atoms with Gasteiger partial charge < -0.3 is 15.7 Å². The van der Waals surface area contributed by atoms with E-state index in [2.05, 4.69) is 5.16 Å². The lowest BCUT2D eigenvalue weighted by molar-refractivity contribution is 0.318. The first-order valence-electron chi connectivity index (χ1n) is 5.94. The maximum Gasteiger partial charge on any atom is 0.173 e. The minimum Gasteiger partial charge on any atom is -0.456 e. The maximum atomic E-state index is 8.80. The first-order valence-corrected chi connectivity index (χ1v) is 5.94. The first kappa shape index (κ1) is 13.0. The molecule has 19 heavy (non-hydrogen) atoms. The SMILES string of the molecule is Cc1cccc(C)c1Oc1ccccc1C(N)=NO. The van der Waals surface area contributed by atoms with E-state index >= 15 is 0 Å². The lowest BCUT2D eigenvalue weighted by Crippen LogP contribution is -2.14. The number of benzene rings is 2. The van der Waals surface area contributed by atoms with Gasteiger partial charge in [-0.15, -0.1) is 0 Å². The molecule has 3 N–H and O–H groups in total. The van der Waals surface area contributed by atoms with Crippen molar-refractivity contribution in [2.75, 3.05) is 0 Å². The molecule has 0 aromatic heterocycles. The zero-order valence-electron chi connectivity index (χ0n) is 10.9. The minimum absolute atomic E-state index is 0.0295. The fourth-order valence-electron chi connectivity index (χ4n) is 1.89. The van der Waals surface area contributed by atoms with Gasteiger partial charge in [0.25, 0.3) is 0 Å². The third-order valence-electron chi connectivity index (χ3n) is 2.89. The molecule has 0 bridgehead atoms. The third-order valence-corrected chi connectivity index (χ3v) is 2.89. The number of amidine groups is 1. The van der Waals surface area contributed by atoms with Crippen LogP contribution in [0.4, 0.5) is 0 Å². The third kappa shape index (κ3) is 2.68. The summed E-state index contributed by atoms with van der Waals surface area (Å²) in [5.74, 6) is 1.39. The molecule has 0 fully saturated rings. The van der Waals surface area contributed by atoms with Crippen LogP contribution in [0.15, 0.2) is 47.6 Å². The van der Waals surface area contributed by atoms with E-state index in [9.17, 15) is 0 Å². The highest BCUT2D eigenvalue weighted by molar-refractivity contribution is 5.99. The summed E-state index contributed by atoms with van der Waals surface area (Å²) in [6.07, 6.45) is 0. The summed E-state index contributed by atoms with van der Waals surface area (Å²) < 4.78 is 5.92. The van der Waals surface area contributed by atoms with Gasteiger partial charge in [0, 0.05) is 0 Å². The van der Waals surface area contributed by atoms with Crippen molar-refractivity contribution >= 4 is 5.84 Å². The van der Waals surface area contributed by atoms with Crippen molar-refractivity contribution in [2.24, 2.45) is 10.9 Å². The monoisotopic (exact) mass is 256 g/mol. The predicted octanol–water partition coefficient (Wildman–Crippen LogP) is 3.19. The molecule has 2 rings (SSSR count). The summed E-state index contributed by atoms with van der Waals surface area (Å²) in [6.45, 7) is 3.96. The van der Waals surface area contributed by atoms with Crippen LogP contribution in [0.25, 0.3) is 0 Å². The molecular formula is C15H16N2O2. The lowest BCUT2D eigenvalue weighted by Gasteiger charge is -2.14. The lowest BCUT2D eigenvalue weighted by atomic mass is 10.1. The van der Waals surface area contributed by atoms with Crippen molar-refractivity contribution in [1.29, 1.82) is 0 Å². The Bertz CT molecular complexity index is 601. The van der Waals surface area contributed by atoms with Crippen molar-refractivity contribution < 1.29 is 9.94 Å². The molecule has 0 atom stereocenters. The van der Waals surface area contributed by atoms with Crippen LogP contribution in [0.3, 0.4) is 0 Å². The molecular weight excluding hydrogens is 240 g/mol. The van der Waals surface area contributed by atoms with Crippen LogP contribution in [-0.2, 0) is 0 Å². The molecule has 0 spiro atoms. The van der Waals surface area contributed by atoms with Gasteiger partial charge in [-0.3, -0.25) is 0 Å². The number of para-hydroxylation sites is 2. The Morgan fingerprint density at radius 3 is 2.32 bits per heavy atom. The standard InChI is InChI=1S/C15H16N2O2/c1-10-6-5-7-11(2)14(10)19-13-9-4-3-8-12(13)15(16)17-18/h3-9,18H,1-2H3,(H2,16,17).